The van der Waals surface area contributed by atoms with E-state index in [1.165, 1.54) is 6.20 Å². The minimum atomic E-state index is -0.122. The number of rotatable bonds is 7. The Morgan fingerprint density at radius 3 is 2.85 bits per heavy atom. The number of likely N-dealkylation sites (N-methyl/N-ethyl adjacent to an activating group) is 1. The molecular formula is C20H20ClN3O3. The number of benzene rings is 2. The van der Waals surface area contributed by atoms with Crippen LogP contribution >= 0.6 is 11.6 Å². The van der Waals surface area contributed by atoms with E-state index >= 15 is 0 Å². The van der Waals surface area contributed by atoms with Gasteiger partial charge in [-0.2, -0.15) is 5.10 Å². The number of para-hydroxylation sites is 1. The standard InChI is InChI=1S/C20H20ClN3O3/c1-23(11-12-27-16-6-4-5-15(21)13-16)20(26)9-10-24-18-8-3-2-7-17(18)19(25)14-22-24/h2-8,13-14H,9-12H2,1H3. The van der Waals surface area contributed by atoms with Gasteiger partial charge in [-0.3, -0.25) is 14.3 Å². The first kappa shape index (κ1) is 18.9. The van der Waals surface area contributed by atoms with Crippen molar-refractivity contribution in [3.8, 4) is 5.75 Å². The lowest BCUT2D eigenvalue weighted by molar-refractivity contribution is -0.130. The summed E-state index contributed by atoms with van der Waals surface area (Å²) in [5.41, 5.74) is 0.605. The Labute approximate surface area is 161 Å². The third-order valence-corrected chi connectivity index (χ3v) is 4.45. The Balaban J connectivity index is 1.53. The van der Waals surface area contributed by atoms with Crippen molar-refractivity contribution in [1.82, 2.24) is 14.7 Å². The first-order valence-electron chi connectivity index (χ1n) is 8.62. The summed E-state index contributed by atoms with van der Waals surface area (Å²) in [6.07, 6.45) is 1.57. The van der Waals surface area contributed by atoms with Crippen molar-refractivity contribution in [2.45, 2.75) is 13.0 Å². The van der Waals surface area contributed by atoms with Crippen molar-refractivity contribution in [2.75, 3.05) is 20.2 Å². The summed E-state index contributed by atoms with van der Waals surface area (Å²) in [4.78, 5) is 25.8. The van der Waals surface area contributed by atoms with Crippen molar-refractivity contribution in [1.29, 1.82) is 0 Å². The van der Waals surface area contributed by atoms with Crippen LogP contribution in [0.25, 0.3) is 10.9 Å². The van der Waals surface area contributed by atoms with Crippen LogP contribution in [0.5, 0.6) is 5.75 Å². The molecule has 0 saturated heterocycles. The molecule has 0 aliphatic carbocycles. The Hall–Kier alpha value is -2.86. The smallest absolute Gasteiger partial charge is 0.224 e. The Bertz CT molecular complexity index is 1000. The second-order valence-corrected chi connectivity index (χ2v) is 6.56. The lowest BCUT2D eigenvalue weighted by Crippen LogP contribution is -2.31. The van der Waals surface area contributed by atoms with E-state index in [-0.39, 0.29) is 17.8 Å². The Morgan fingerprint density at radius 1 is 1.22 bits per heavy atom. The number of carbonyl (C=O) groups excluding carboxylic acids is 1. The highest BCUT2D eigenvalue weighted by Crippen LogP contribution is 2.17. The molecule has 1 amide bonds. The summed E-state index contributed by atoms with van der Waals surface area (Å²) in [6.45, 7) is 1.24. The molecule has 140 valence electrons. The fraction of sp³-hybridized carbons (Fsp3) is 0.250. The Morgan fingerprint density at radius 2 is 2.04 bits per heavy atom. The van der Waals surface area contributed by atoms with E-state index < -0.39 is 0 Å². The van der Waals surface area contributed by atoms with E-state index in [0.29, 0.717) is 35.9 Å². The highest BCUT2D eigenvalue weighted by atomic mass is 35.5. The summed E-state index contributed by atoms with van der Waals surface area (Å²) in [6, 6.07) is 14.4. The molecule has 0 radical (unpaired) electrons. The number of hydrogen-bond acceptors (Lipinski definition) is 4. The molecule has 0 saturated carbocycles. The summed E-state index contributed by atoms with van der Waals surface area (Å²) in [7, 11) is 1.74. The average molecular weight is 386 g/mol. The minimum absolute atomic E-state index is 0.0192. The van der Waals surface area contributed by atoms with Crippen molar-refractivity contribution in [3.63, 3.8) is 0 Å². The predicted molar refractivity (Wildman–Crippen MR) is 105 cm³/mol. The molecule has 0 spiro atoms. The fourth-order valence-electron chi connectivity index (χ4n) is 2.71. The zero-order valence-corrected chi connectivity index (χ0v) is 15.7. The van der Waals surface area contributed by atoms with Gasteiger partial charge >= 0.3 is 0 Å². The molecule has 1 heterocycles. The molecule has 0 atom stereocenters. The van der Waals surface area contributed by atoms with Crippen LogP contribution < -0.4 is 10.2 Å². The van der Waals surface area contributed by atoms with Crippen LogP contribution in [0.2, 0.25) is 5.02 Å². The molecular weight excluding hydrogens is 366 g/mol. The van der Waals surface area contributed by atoms with E-state index in [0.717, 1.165) is 5.52 Å². The van der Waals surface area contributed by atoms with Gasteiger partial charge in [0.05, 0.1) is 24.8 Å². The lowest BCUT2D eigenvalue weighted by Gasteiger charge is -2.18. The first-order valence-corrected chi connectivity index (χ1v) is 8.99. The maximum Gasteiger partial charge on any atom is 0.224 e. The van der Waals surface area contributed by atoms with Crippen LogP contribution in [0.4, 0.5) is 0 Å². The van der Waals surface area contributed by atoms with E-state index in [1.807, 2.05) is 30.3 Å². The summed E-state index contributed by atoms with van der Waals surface area (Å²) >= 11 is 5.92. The summed E-state index contributed by atoms with van der Waals surface area (Å²) in [5.74, 6) is 0.654. The summed E-state index contributed by atoms with van der Waals surface area (Å²) in [5, 5.41) is 5.35. The zero-order valence-electron chi connectivity index (χ0n) is 15.0. The third-order valence-electron chi connectivity index (χ3n) is 4.22. The second kappa shape index (κ2) is 8.68. The molecule has 0 aliphatic heterocycles. The molecule has 0 unspecified atom stereocenters. The zero-order chi connectivity index (χ0) is 19.2. The van der Waals surface area contributed by atoms with Crippen LogP contribution in [0.1, 0.15) is 6.42 Å². The van der Waals surface area contributed by atoms with Gasteiger partial charge in [-0.15, -0.1) is 0 Å². The molecule has 6 nitrogen and oxygen atoms in total. The lowest BCUT2D eigenvalue weighted by atomic mass is 10.2. The molecule has 0 aliphatic rings. The molecule has 0 bridgehead atoms. The molecule has 3 aromatic rings. The van der Waals surface area contributed by atoms with E-state index in [2.05, 4.69) is 5.10 Å². The number of aryl methyl sites for hydroxylation is 1. The number of fused-ring (bicyclic) bond motifs is 1. The highest BCUT2D eigenvalue weighted by Gasteiger charge is 2.11. The number of hydrogen-bond donors (Lipinski definition) is 0. The minimum Gasteiger partial charge on any atom is -0.492 e. The van der Waals surface area contributed by atoms with Crippen molar-refractivity contribution < 1.29 is 9.53 Å². The van der Waals surface area contributed by atoms with Crippen LogP contribution in [0.15, 0.2) is 59.5 Å². The number of nitrogens with zero attached hydrogens (tertiary/aromatic N) is 3. The number of halogens is 1. The second-order valence-electron chi connectivity index (χ2n) is 6.12. The fourth-order valence-corrected chi connectivity index (χ4v) is 2.89. The molecule has 1 aromatic heterocycles. The average Bonchev–Trinajstić information content (AvgIpc) is 2.67. The van der Waals surface area contributed by atoms with E-state index in [9.17, 15) is 9.59 Å². The SMILES string of the molecule is CN(CCOc1cccc(Cl)c1)C(=O)CCn1ncc(=O)c2ccccc21. The third kappa shape index (κ3) is 4.86. The number of carbonyl (C=O) groups is 1. The van der Waals surface area contributed by atoms with Crippen molar-refractivity contribution >= 4 is 28.4 Å². The van der Waals surface area contributed by atoms with Gasteiger partial charge in [0.25, 0.3) is 0 Å². The van der Waals surface area contributed by atoms with Crippen LogP contribution in [0, 0.1) is 0 Å². The quantitative estimate of drug-likeness (QED) is 0.627. The van der Waals surface area contributed by atoms with E-state index in [4.69, 9.17) is 16.3 Å². The van der Waals surface area contributed by atoms with Gasteiger partial charge in [-0.1, -0.05) is 29.8 Å². The summed E-state index contributed by atoms with van der Waals surface area (Å²) < 4.78 is 7.30. The van der Waals surface area contributed by atoms with Crippen LogP contribution in [-0.2, 0) is 11.3 Å². The molecule has 27 heavy (non-hydrogen) atoms. The monoisotopic (exact) mass is 385 g/mol. The van der Waals surface area contributed by atoms with Gasteiger partial charge in [-0.05, 0) is 30.3 Å². The normalized spacial score (nSPS) is 10.7. The number of ether oxygens (including phenoxy) is 1. The van der Waals surface area contributed by atoms with Gasteiger partial charge in [-0.25, -0.2) is 0 Å². The Kier molecular flexibility index (Phi) is 6.08. The van der Waals surface area contributed by atoms with Gasteiger partial charge in [0, 0.05) is 23.9 Å². The maximum absolute atomic E-state index is 12.4. The molecule has 0 N–H and O–H groups in total. The number of amides is 1. The van der Waals surface area contributed by atoms with E-state index in [1.54, 1.807) is 34.8 Å². The van der Waals surface area contributed by atoms with Crippen molar-refractivity contribution in [3.05, 3.63) is 70.0 Å². The molecule has 3 rings (SSSR count). The topological polar surface area (TPSA) is 64.4 Å². The predicted octanol–water partition coefficient (Wildman–Crippen LogP) is 2.98. The van der Waals surface area contributed by atoms with Gasteiger partial charge in [0.1, 0.15) is 12.4 Å². The first-order chi connectivity index (χ1) is 13.0. The van der Waals surface area contributed by atoms with Gasteiger partial charge in [0.2, 0.25) is 11.3 Å². The maximum atomic E-state index is 12.4. The van der Waals surface area contributed by atoms with Crippen LogP contribution in [0.3, 0.4) is 0 Å². The van der Waals surface area contributed by atoms with Gasteiger partial charge < -0.3 is 9.64 Å². The molecule has 2 aromatic carbocycles. The van der Waals surface area contributed by atoms with Gasteiger partial charge in [0.15, 0.2) is 0 Å². The highest BCUT2D eigenvalue weighted by molar-refractivity contribution is 6.30. The number of aromatic nitrogens is 2. The molecule has 0 fully saturated rings. The van der Waals surface area contributed by atoms with Crippen LogP contribution in [-0.4, -0.2) is 40.8 Å². The molecule has 7 heteroatoms. The largest absolute Gasteiger partial charge is 0.492 e. The van der Waals surface area contributed by atoms with Crippen molar-refractivity contribution in [2.24, 2.45) is 0 Å².